The summed E-state index contributed by atoms with van der Waals surface area (Å²) in [6, 6.07) is -1.14. The third kappa shape index (κ3) is 15.3. The lowest BCUT2D eigenvalue weighted by Gasteiger charge is -2.42. The number of nitrogens with zero attached hydrogens (tertiary/aromatic N) is 1. The third-order valence-electron chi connectivity index (χ3n) is 14.9. The Labute approximate surface area is 405 Å². The highest BCUT2D eigenvalue weighted by molar-refractivity contribution is 6.39. The summed E-state index contributed by atoms with van der Waals surface area (Å²) in [5.41, 5.74) is 1.26. The van der Waals surface area contributed by atoms with Crippen LogP contribution < -0.4 is 0 Å². The van der Waals surface area contributed by atoms with E-state index in [0.717, 1.165) is 12.0 Å². The molecule has 0 aromatic rings. The number of amides is 1. The maximum Gasteiger partial charge on any atom is 0.329 e. The standard InChI is InChI=1S/C53H83NO14/c1-32-16-12-11-13-17-33(2)44(63-8)30-40-21-19-38(7)53(62,68-40)50(59)51(60)54-23-15-14-18-41(54)52(61)67-45(35(4)28-39-20-22-43(66-25-24-55)46(29-39)64-9)31-42(56)34(3)27-37(6)48(58)49(65-10)47(57)36(5)26-32/h11-13,16-17,27,32,34-36,38-41,43-46,48-49,55,58,62H,14-15,18-26,28-31H2,1-10H3/b13-11+,16-12+,33-17+,37-27+/t32-,34-,35-,36+,38-,39+,40+,41?,43?,44+,45+,46-,48-,49+,53-/m1/s1. The third-order valence-corrected chi connectivity index (χ3v) is 14.9. The number of carbonyl (C=O) groups is 5. The number of Topliss-reactive ketones (excluding diaryl/α,β-unsaturated/α-hetero) is 3. The predicted octanol–water partition coefficient (Wildman–Crippen LogP) is 6.20. The molecular weight excluding hydrogens is 875 g/mol. The highest BCUT2D eigenvalue weighted by atomic mass is 16.6. The van der Waals surface area contributed by atoms with Gasteiger partial charge in [-0.05, 0) is 107 Å². The van der Waals surface area contributed by atoms with Crippen molar-refractivity contribution in [3.8, 4) is 0 Å². The van der Waals surface area contributed by atoms with E-state index >= 15 is 0 Å². The maximum atomic E-state index is 14.5. The fourth-order valence-electron chi connectivity index (χ4n) is 10.5. The first-order valence-corrected chi connectivity index (χ1v) is 25.0. The molecule has 0 spiro atoms. The molecule has 3 fully saturated rings. The fourth-order valence-corrected chi connectivity index (χ4v) is 10.5. The lowest BCUT2D eigenvalue weighted by molar-refractivity contribution is -0.265. The summed E-state index contributed by atoms with van der Waals surface area (Å²) in [5.74, 6) is -7.96. The molecule has 15 nitrogen and oxygen atoms in total. The summed E-state index contributed by atoms with van der Waals surface area (Å²) in [6.07, 6.45) is 12.0. The second kappa shape index (κ2) is 27.3. The smallest absolute Gasteiger partial charge is 0.329 e. The summed E-state index contributed by atoms with van der Waals surface area (Å²) < 4.78 is 35.6. The number of esters is 1. The van der Waals surface area contributed by atoms with E-state index in [4.69, 9.17) is 28.4 Å². The number of hydrogen-bond donors (Lipinski definition) is 3. The fraction of sp³-hybridized carbons (Fsp3) is 0.755. The van der Waals surface area contributed by atoms with E-state index in [9.17, 15) is 39.3 Å². The Bertz CT molecular complexity index is 1810. The van der Waals surface area contributed by atoms with Crippen LogP contribution in [0.2, 0.25) is 0 Å². The minimum atomic E-state index is -2.43. The minimum absolute atomic E-state index is 0.0158. The van der Waals surface area contributed by atoms with Crippen LogP contribution in [0.25, 0.3) is 0 Å². The molecular formula is C53H83NO14. The van der Waals surface area contributed by atoms with Gasteiger partial charge >= 0.3 is 5.97 Å². The molecule has 15 atom stereocenters. The number of allylic oxidation sites excluding steroid dienone is 6. The van der Waals surface area contributed by atoms with E-state index in [1.807, 2.05) is 58.1 Å². The quantitative estimate of drug-likeness (QED) is 0.134. The number of fused-ring (bicyclic) bond motifs is 3. The van der Waals surface area contributed by atoms with Crippen molar-refractivity contribution in [2.75, 3.05) is 41.1 Å². The van der Waals surface area contributed by atoms with Gasteiger partial charge in [-0.3, -0.25) is 19.2 Å². The van der Waals surface area contributed by atoms with E-state index in [2.05, 4.69) is 0 Å². The number of hydrogen-bond acceptors (Lipinski definition) is 14. The topological polar surface area (TPSA) is 205 Å². The number of ether oxygens (including phenoxy) is 6. The summed E-state index contributed by atoms with van der Waals surface area (Å²) in [6.45, 7) is 12.9. The van der Waals surface area contributed by atoms with Gasteiger partial charge in [0.05, 0.1) is 37.6 Å². The Morgan fingerprint density at radius 3 is 2.26 bits per heavy atom. The zero-order chi connectivity index (χ0) is 50.3. The molecule has 68 heavy (non-hydrogen) atoms. The molecule has 3 N–H and O–H groups in total. The van der Waals surface area contributed by atoms with Gasteiger partial charge in [0.15, 0.2) is 5.78 Å². The molecule has 2 bridgehead atoms. The lowest BCUT2D eigenvalue weighted by Crippen LogP contribution is -2.61. The average Bonchev–Trinajstić information content (AvgIpc) is 3.32. The summed E-state index contributed by atoms with van der Waals surface area (Å²) in [4.78, 5) is 72.1. The zero-order valence-corrected chi connectivity index (χ0v) is 42.4. The first-order valence-electron chi connectivity index (χ1n) is 25.0. The lowest BCUT2D eigenvalue weighted by atomic mass is 9.78. The number of cyclic esters (lactones) is 1. The largest absolute Gasteiger partial charge is 0.460 e. The second-order valence-corrected chi connectivity index (χ2v) is 20.2. The number of methoxy groups -OCH3 is 3. The Morgan fingerprint density at radius 1 is 0.853 bits per heavy atom. The van der Waals surface area contributed by atoms with Gasteiger partial charge in [-0.15, -0.1) is 0 Å². The monoisotopic (exact) mass is 958 g/mol. The van der Waals surface area contributed by atoms with Crippen LogP contribution in [0.3, 0.4) is 0 Å². The van der Waals surface area contributed by atoms with Crippen LogP contribution in [-0.2, 0) is 52.4 Å². The molecule has 15 heteroatoms. The zero-order valence-electron chi connectivity index (χ0n) is 42.4. The first kappa shape index (κ1) is 57.2. The van der Waals surface area contributed by atoms with Crippen LogP contribution in [0.15, 0.2) is 47.6 Å². The molecule has 0 aromatic heterocycles. The minimum Gasteiger partial charge on any atom is -0.460 e. The molecule has 384 valence electrons. The molecule has 1 aliphatic carbocycles. The number of rotatable bonds is 9. The predicted molar refractivity (Wildman–Crippen MR) is 256 cm³/mol. The van der Waals surface area contributed by atoms with Gasteiger partial charge in [-0.25, -0.2) is 4.79 Å². The Hall–Kier alpha value is -3.41. The van der Waals surface area contributed by atoms with Crippen LogP contribution in [-0.4, -0.2) is 145 Å². The van der Waals surface area contributed by atoms with Crippen molar-refractivity contribution in [3.63, 3.8) is 0 Å². The van der Waals surface area contributed by atoms with E-state index in [1.54, 1.807) is 41.1 Å². The van der Waals surface area contributed by atoms with Crippen molar-refractivity contribution in [2.45, 2.75) is 180 Å². The molecule has 4 rings (SSSR count). The van der Waals surface area contributed by atoms with Gasteiger partial charge in [-0.2, -0.15) is 0 Å². The Balaban J connectivity index is 1.70. The van der Waals surface area contributed by atoms with Crippen molar-refractivity contribution in [3.05, 3.63) is 47.6 Å². The summed E-state index contributed by atoms with van der Waals surface area (Å²) >= 11 is 0. The number of aliphatic hydroxyl groups excluding tert-OH is 2. The molecule has 4 aliphatic rings. The molecule has 1 saturated carbocycles. The Kier molecular flexibility index (Phi) is 22.9. The van der Waals surface area contributed by atoms with Gasteiger partial charge in [-0.1, -0.05) is 71.1 Å². The number of ketones is 3. The molecule has 3 aliphatic heterocycles. The Morgan fingerprint density at radius 2 is 1.59 bits per heavy atom. The highest BCUT2D eigenvalue weighted by Gasteiger charge is 2.53. The van der Waals surface area contributed by atoms with Crippen molar-refractivity contribution in [1.29, 1.82) is 0 Å². The van der Waals surface area contributed by atoms with E-state index < -0.39 is 77.8 Å². The van der Waals surface area contributed by atoms with Gasteiger partial charge < -0.3 is 48.6 Å². The van der Waals surface area contributed by atoms with Crippen LogP contribution in [0.4, 0.5) is 0 Å². The van der Waals surface area contributed by atoms with Crippen molar-refractivity contribution >= 4 is 29.2 Å². The van der Waals surface area contributed by atoms with E-state index in [1.165, 1.54) is 12.0 Å². The van der Waals surface area contributed by atoms with Crippen LogP contribution in [0.1, 0.15) is 126 Å². The summed E-state index contributed by atoms with van der Waals surface area (Å²) in [5, 5.41) is 32.8. The van der Waals surface area contributed by atoms with Gasteiger partial charge in [0.1, 0.15) is 30.1 Å². The van der Waals surface area contributed by atoms with Gasteiger partial charge in [0.25, 0.3) is 11.7 Å². The molecule has 1 amide bonds. The second-order valence-electron chi connectivity index (χ2n) is 20.2. The van der Waals surface area contributed by atoms with Crippen molar-refractivity contribution in [1.82, 2.24) is 4.90 Å². The normalized spacial score (nSPS) is 39.2. The van der Waals surface area contributed by atoms with Crippen LogP contribution >= 0.6 is 0 Å². The SMILES string of the molecule is CO[C@H]1C[C@@H]2CC[C@@H](C)[C@@](O)(O2)C(=O)C(=O)N2CCCCC2C(=O)O[C@H]([C@H](C)C[C@@H]2CCC(OCCO)[C@H](OC)C2)CC(=O)[C@H](C)/C=C(\C)[C@@H](O)[C@@H](OC)C(=O)[C@@H](C)C[C@H](C)/C=C/C=C/C=C/1C. The summed E-state index contributed by atoms with van der Waals surface area (Å²) in [7, 11) is 4.58. The van der Waals surface area contributed by atoms with E-state index in [0.29, 0.717) is 63.4 Å². The molecule has 2 unspecified atom stereocenters. The number of aliphatic hydroxyl groups is 3. The average molecular weight is 958 g/mol. The van der Waals surface area contributed by atoms with E-state index in [-0.39, 0.29) is 74.1 Å². The van der Waals surface area contributed by atoms with Crippen LogP contribution in [0, 0.1) is 35.5 Å². The molecule has 0 radical (unpaired) electrons. The molecule has 3 heterocycles. The maximum absolute atomic E-state index is 14.5. The molecule has 0 aromatic carbocycles. The van der Waals surface area contributed by atoms with Crippen LogP contribution in [0.5, 0.6) is 0 Å². The van der Waals surface area contributed by atoms with Gasteiger partial charge in [0, 0.05) is 58.5 Å². The molecule has 2 saturated heterocycles. The van der Waals surface area contributed by atoms with Gasteiger partial charge in [0.2, 0.25) is 5.79 Å². The van der Waals surface area contributed by atoms with Crippen molar-refractivity contribution < 1.29 is 67.7 Å². The number of piperidine rings is 1. The first-order chi connectivity index (χ1) is 32.3. The van der Waals surface area contributed by atoms with Crippen molar-refractivity contribution in [2.24, 2.45) is 35.5 Å². The highest BCUT2D eigenvalue weighted by Crippen LogP contribution is 2.38. The number of carbonyl (C=O) groups excluding carboxylic acids is 5.